The molecule has 8 heteroatoms. The maximum absolute atomic E-state index is 12.6. The zero-order chi connectivity index (χ0) is 21.5. The fraction of sp³-hybridized carbons (Fsp3) is 0.273. The van der Waals surface area contributed by atoms with Crippen molar-refractivity contribution in [2.75, 3.05) is 0 Å². The number of halogens is 1. The third-order valence-corrected chi connectivity index (χ3v) is 4.87. The Morgan fingerprint density at radius 2 is 1.73 bits per heavy atom. The van der Waals surface area contributed by atoms with Crippen LogP contribution in [0.15, 0.2) is 53.3 Å². The number of benzene rings is 2. The van der Waals surface area contributed by atoms with Crippen molar-refractivity contribution in [1.29, 1.82) is 0 Å². The molecule has 0 atom stereocenters. The van der Waals surface area contributed by atoms with Gasteiger partial charge in [0.05, 0.1) is 5.39 Å². The molecule has 0 fully saturated rings. The highest BCUT2D eigenvalue weighted by molar-refractivity contribution is 6.30. The van der Waals surface area contributed by atoms with Crippen LogP contribution < -0.4 is 16.4 Å². The standard InChI is InChI=1S/C22H23ClN4O3/c1-2-14-27-22(30)18-8-4-3-7-17(18)20(26-27)21(29)25-24-19(28)9-5-6-15-10-12-16(23)13-11-15/h3-4,7-8,10-13H,2,5-6,9,14H2,1H3,(H,24,28)(H,25,29). The summed E-state index contributed by atoms with van der Waals surface area (Å²) in [6.45, 7) is 2.33. The summed E-state index contributed by atoms with van der Waals surface area (Å²) in [4.78, 5) is 37.2. The predicted molar refractivity (Wildman–Crippen MR) is 116 cm³/mol. The van der Waals surface area contributed by atoms with E-state index in [1.54, 1.807) is 24.3 Å². The van der Waals surface area contributed by atoms with E-state index in [0.29, 0.717) is 35.2 Å². The zero-order valence-electron chi connectivity index (χ0n) is 16.7. The second-order valence-corrected chi connectivity index (χ2v) is 7.34. The number of rotatable bonds is 7. The van der Waals surface area contributed by atoms with Gasteiger partial charge in [-0.2, -0.15) is 5.10 Å². The maximum atomic E-state index is 12.6. The molecule has 1 heterocycles. The van der Waals surface area contributed by atoms with Gasteiger partial charge >= 0.3 is 0 Å². The summed E-state index contributed by atoms with van der Waals surface area (Å²) in [7, 11) is 0. The minimum Gasteiger partial charge on any atom is -0.273 e. The van der Waals surface area contributed by atoms with Crippen LogP contribution in [0, 0.1) is 0 Å². The SMILES string of the molecule is CCCn1nc(C(=O)NNC(=O)CCCc2ccc(Cl)cc2)c2ccccc2c1=O. The van der Waals surface area contributed by atoms with Gasteiger partial charge in [0.25, 0.3) is 11.5 Å². The van der Waals surface area contributed by atoms with Gasteiger partial charge < -0.3 is 0 Å². The zero-order valence-corrected chi connectivity index (χ0v) is 17.4. The second kappa shape index (κ2) is 10.0. The fourth-order valence-corrected chi connectivity index (χ4v) is 3.24. The third kappa shape index (κ3) is 5.24. The van der Waals surface area contributed by atoms with Crippen LogP contribution in [0.4, 0.5) is 0 Å². The van der Waals surface area contributed by atoms with Crippen molar-refractivity contribution >= 4 is 34.2 Å². The Morgan fingerprint density at radius 3 is 2.43 bits per heavy atom. The van der Waals surface area contributed by atoms with Crippen LogP contribution >= 0.6 is 11.6 Å². The normalized spacial score (nSPS) is 10.7. The van der Waals surface area contributed by atoms with Gasteiger partial charge in [0.2, 0.25) is 5.91 Å². The molecule has 0 saturated carbocycles. The van der Waals surface area contributed by atoms with Gasteiger partial charge in [0.1, 0.15) is 0 Å². The molecule has 0 aliphatic rings. The minimum absolute atomic E-state index is 0.0973. The maximum Gasteiger partial charge on any atom is 0.290 e. The highest BCUT2D eigenvalue weighted by Crippen LogP contribution is 2.13. The van der Waals surface area contributed by atoms with Crippen molar-refractivity contribution in [3.8, 4) is 0 Å². The van der Waals surface area contributed by atoms with Gasteiger partial charge in [0, 0.05) is 23.4 Å². The Balaban J connectivity index is 1.62. The summed E-state index contributed by atoms with van der Waals surface area (Å²) >= 11 is 5.86. The van der Waals surface area contributed by atoms with E-state index >= 15 is 0 Å². The molecule has 3 rings (SSSR count). The van der Waals surface area contributed by atoms with Crippen LogP contribution in [0.1, 0.15) is 42.2 Å². The van der Waals surface area contributed by atoms with Crippen molar-refractivity contribution in [2.45, 2.75) is 39.2 Å². The van der Waals surface area contributed by atoms with Crippen LogP contribution in [-0.4, -0.2) is 21.6 Å². The average Bonchev–Trinajstić information content (AvgIpc) is 2.75. The highest BCUT2D eigenvalue weighted by atomic mass is 35.5. The lowest BCUT2D eigenvalue weighted by Crippen LogP contribution is -2.42. The van der Waals surface area contributed by atoms with Crippen molar-refractivity contribution in [1.82, 2.24) is 20.6 Å². The van der Waals surface area contributed by atoms with E-state index in [0.717, 1.165) is 12.0 Å². The van der Waals surface area contributed by atoms with Crippen LogP contribution in [0.2, 0.25) is 5.02 Å². The summed E-state index contributed by atoms with van der Waals surface area (Å²) in [5.74, 6) is -0.870. The van der Waals surface area contributed by atoms with E-state index in [1.165, 1.54) is 4.68 Å². The molecule has 2 N–H and O–H groups in total. The molecule has 156 valence electrons. The molecule has 0 unspecified atom stereocenters. The lowest BCUT2D eigenvalue weighted by Gasteiger charge is -2.11. The summed E-state index contributed by atoms with van der Waals surface area (Å²) in [6, 6.07) is 14.3. The molecule has 0 bridgehead atoms. The molecule has 0 aliphatic carbocycles. The number of amides is 2. The van der Waals surface area contributed by atoms with Crippen LogP contribution in [0.25, 0.3) is 10.8 Å². The van der Waals surface area contributed by atoms with Crippen molar-refractivity contribution in [3.63, 3.8) is 0 Å². The van der Waals surface area contributed by atoms with Crippen molar-refractivity contribution in [2.24, 2.45) is 0 Å². The first-order chi connectivity index (χ1) is 14.5. The van der Waals surface area contributed by atoms with E-state index in [-0.39, 0.29) is 23.6 Å². The first-order valence-electron chi connectivity index (χ1n) is 9.83. The number of carbonyl (C=O) groups excluding carboxylic acids is 2. The molecule has 0 spiro atoms. The summed E-state index contributed by atoms with van der Waals surface area (Å²) < 4.78 is 1.28. The predicted octanol–water partition coefficient (Wildman–Crippen LogP) is 3.24. The molecular formula is C22H23ClN4O3. The summed E-state index contributed by atoms with van der Waals surface area (Å²) in [5.41, 5.74) is 5.77. The molecule has 30 heavy (non-hydrogen) atoms. The van der Waals surface area contributed by atoms with Gasteiger partial charge in [-0.05, 0) is 43.0 Å². The van der Waals surface area contributed by atoms with Gasteiger partial charge in [0.15, 0.2) is 5.69 Å². The first kappa shape index (κ1) is 21.5. The monoisotopic (exact) mass is 426 g/mol. The van der Waals surface area contributed by atoms with E-state index in [9.17, 15) is 14.4 Å². The number of aryl methyl sites for hydroxylation is 2. The Morgan fingerprint density at radius 1 is 1.03 bits per heavy atom. The number of aromatic nitrogens is 2. The number of nitrogens with one attached hydrogen (secondary N) is 2. The number of hydrogen-bond acceptors (Lipinski definition) is 4. The average molecular weight is 427 g/mol. The third-order valence-electron chi connectivity index (χ3n) is 4.62. The van der Waals surface area contributed by atoms with Gasteiger partial charge in [-0.15, -0.1) is 0 Å². The molecule has 0 saturated heterocycles. The summed E-state index contributed by atoms with van der Waals surface area (Å²) in [6.07, 6.45) is 2.32. The van der Waals surface area contributed by atoms with Gasteiger partial charge in [-0.25, -0.2) is 4.68 Å². The van der Waals surface area contributed by atoms with Gasteiger partial charge in [-0.3, -0.25) is 25.2 Å². The summed E-state index contributed by atoms with van der Waals surface area (Å²) in [5, 5.41) is 5.74. The Labute approximate surface area is 179 Å². The van der Waals surface area contributed by atoms with Crippen molar-refractivity contribution in [3.05, 3.63) is 75.2 Å². The Bertz CT molecular complexity index is 1110. The smallest absolute Gasteiger partial charge is 0.273 e. The van der Waals surface area contributed by atoms with E-state index in [4.69, 9.17) is 11.6 Å². The molecule has 2 aromatic carbocycles. The number of hydrogen-bond donors (Lipinski definition) is 2. The van der Waals surface area contributed by atoms with Gasteiger partial charge in [-0.1, -0.05) is 48.9 Å². The molecule has 2 amide bonds. The molecule has 0 aliphatic heterocycles. The van der Waals surface area contributed by atoms with E-state index in [1.807, 2.05) is 31.2 Å². The lowest BCUT2D eigenvalue weighted by molar-refractivity contribution is -0.121. The number of fused-ring (bicyclic) bond motifs is 1. The largest absolute Gasteiger partial charge is 0.290 e. The lowest BCUT2D eigenvalue weighted by atomic mass is 10.1. The number of carbonyl (C=O) groups is 2. The van der Waals surface area contributed by atoms with Crippen molar-refractivity contribution < 1.29 is 9.59 Å². The quantitative estimate of drug-likeness (QED) is 0.567. The van der Waals surface area contributed by atoms with Crippen LogP contribution in [0.3, 0.4) is 0 Å². The number of hydrazine groups is 1. The first-order valence-corrected chi connectivity index (χ1v) is 10.2. The van der Waals surface area contributed by atoms with Crippen LogP contribution in [-0.2, 0) is 17.8 Å². The molecular weight excluding hydrogens is 404 g/mol. The van der Waals surface area contributed by atoms with E-state index in [2.05, 4.69) is 16.0 Å². The second-order valence-electron chi connectivity index (χ2n) is 6.90. The molecule has 3 aromatic rings. The topological polar surface area (TPSA) is 93.1 Å². The van der Waals surface area contributed by atoms with Crippen LogP contribution in [0.5, 0.6) is 0 Å². The molecule has 0 radical (unpaired) electrons. The minimum atomic E-state index is -0.567. The fourth-order valence-electron chi connectivity index (χ4n) is 3.12. The Kier molecular flexibility index (Phi) is 7.19. The Hall–Kier alpha value is -3.19. The number of nitrogens with zero attached hydrogens (tertiary/aromatic N) is 2. The molecule has 1 aromatic heterocycles. The highest BCUT2D eigenvalue weighted by Gasteiger charge is 2.17. The molecule has 7 nitrogen and oxygen atoms in total. The van der Waals surface area contributed by atoms with E-state index < -0.39 is 5.91 Å².